The monoisotopic (exact) mass is 243 g/mol. The third kappa shape index (κ3) is 1.79. The third-order valence-electron chi connectivity index (χ3n) is 3.23. The molecule has 0 aliphatic heterocycles. The van der Waals surface area contributed by atoms with Gasteiger partial charge in [-0.2, -0.15) is 0 Å². The molecule has 0 bridgehead atoms. The zero-order valence-electron chi connectivity index (χ0n) is 9.86. The van der Waals surface area contributed by atoms with Crippen LogP contribution in [-0.4, -0.2) is 11.0 Å². The molecule has 3 nitrogen and oxygen atoms in total. The summed E-state index contributed by atoms with van der Waals surface area (Å²) in [4.78, 5) is 4.24. The molecule has 1 heterocycles. The van der Waals surface area contributed by atoms with Gasteiger partial charge in [-0.05, 0) is 31.0 Å². The lowest BCUT2D eigenvalue weighted by atomic mass is 10.1. The number of rotatable bonds is 2. The number of benzene rings is 1. The summed E-state index contributed by atoms with van der Waals surface area (Å²) in [6, 6.07) is 5.26. The van der Waals surface area contributed by atoms with Crippen molar-refractivity contribution in [3.05, 3.63) is 42.4 Å². The van der Waals surface area contributed by atoms with Crippen LogP contribution in [-0.2, 0) is 0 Å². The molecule has 18 heavy (non-hydrogen) atoms. The van der Waals surface area contributed by atoms with Gasteiger partial charge in [0, 0.05) is 23.3 Å². The zero-order valence-corrected chi connectivity index (χ0v) is 9.86. The number of nitrogen functional groups attached to an aromatic ring is 1. The molecule has 0 fully saturated rings. The van der Waals surface area contributed by atoms with Crippen LogP contribution in [0.3, 0.4) is 0 Å². The van der Waals surface area contributed by atoms with Crippen molar-refractivity contribution in [1.29, 1.82) is 0 Å². The summed E-state index contributed by atoms with van der Waals surface area (Å²) in [5, 5.41) is 4.01. The quantitative estimate of drug-likeness (QED) is 0.629. The predicted molar refractivity (Wildman–Crippen MR) is 71.9 cm³/mol. The van der Waals surface area contributed by atoms with E-state index in [0.717, 1.165) is 18.2 Å². The molecule has 1 aliphatic rings. The standard InChI is InChI=1S/C14H14FN3/c15-11-8-12(16)10-6-3-7-17-13(10)14(11)18-9-4-1-2-5-9/h1-3,6-9,18H,4-5,16H2. The molecule has 3 rings (SSSR count). The van der Waals surface area contributed by atoms with Gasteiger partial charge in [-0.15, -0.1) is 0 Å². The number of nitrogens with one attached hydrogen (secondary N) is 1. The van der Waals surface area contributed by atoms with Gasteiger partial charge in [-0.3, -0.25) is 4.98 Å². The second-order valence-electron chi connectivity index (χ2n) is 4.51. The highest BCUT2D eigenvalue weighted by atomic mass is 19.1. The molecular formula is C14H14FN3. The minimum absolute atomic E-state index is 0.244. The van der Waals surface area contributed by atoms with Crippen molar-refractivity contribution in [2.24, 2.45) is 0 Å². The van der Waals surface area contributed by atoms with Crippen LogP contribution in [0.4, 0.5) is 15.8 Å². The Morgan fingerprint density at radius 3 is 2.89 bits per heavy atom. The zero-order chi connectivity index (χ0) is 12.5. The second kappa shape index (κ2) is 4.29. The maximum atomic E-state index is 14.0. The Morgan fingerprint density at radius 1 is 1.33 bits per heavy atom. The number of fused-ring (bicyclic) bond motifs is 1. The highest BCUT2D eigenvalue weighted by Crippen LogP contribution is 2.31. The highest BCUT2D eigenvalue weighted by Gasteiger charge is 2.16. The maximum absolute atomic E-state index is 14.0. The van der Waals surface area contributed by atoms with Gasteiger partial charge in [0.25, 0.3) is 0 Å². The number of anilines is 2. The van der Waals surface area contributed by atoms with Crippen molar-refractivity contribution in [3.63, 3.8) is 0 Å². The van der Waals surface area contributed by atoms with Crippen molar-refractivity contribution in [3.8, 4) is 0 Å². The van der Waals surface area contributed by atoms with Gasteiger partial charge in [0.2, 0.25) is 0 Å². The summed E-state index contributed by atoms with van der Waals surface area (Å²) in [6.07, 6.45) is 7.68. The van der Waals surface area contributed by atoms with Crippen LogP contribution in [0.1, 0.15) is 12.8 Å². The Morgan fingerprint density at radius 2 is 2.11 bits per heavy atom. The van der Waals surface area contributed by atoms with E-state index >= 15 is 0 Å². The smallest absolute Gasteiger partial charge is 0.150 e. The van der Waals surface area contributed by atoms with Crippen molar-refractivity contribution in [2.75, 3.05) is 11.1 Å². The molecule has 0 unspecified atom stereocenters. The Bertz CT molecular complexity index is 614. The minimum Gasteiger partial charge on any atom is -0.398 e. The van der Waals surface area contributed by atoms with Crippen LogP contribution < -0.4 is 11.1 Å². The normalized spacial score (nSPS) is 15.4. The van der Waals surface area contributed by atoms with Crippen LogP contribution in [0.15, 0.2) is 36.5 Å². The fourth-order valence-electron chi connectivity index (χ4n) is 2.31. The molecule has 1 aromatic heterocycles. The lowest BCUT2D eigenvalue weighted by molar-refractivity contribution is 0.627. The first kappa shape index (κ1) is 11.0. The third-order valence-corrected chi connectivity index (χ3v) is 3.23. The second-order valence-corrected chi connectivity index (χ2v) is 4.51. The average Bonchev–Trinajstić information content (AvgIpc) is 2.87. The van der Waals surface area contributed by atoms with Crippen LogP contribution >= 0.6 is 0 Å². The lowest BCUT2D eigenvalue weighted by Crippen LogP contribution is -2.16. The first-order valence-electron chi connectivity index (χ1n) is 6.00. The Labute approximate surface area is 105 Å². The molecule has 2 aromatic rings. The Balaban J connectivity index is 2.09. The first-order valence-corrected chi connectivity index (χ1v) is 6.00. The molecule has 1 aromatic carbocycles. The van der Waals surface area contributed by atoms with Gasteiger partial charge in [0.15, 0.2) is 5.82 Å². The van der Waals surface area contributed by atoms with Gasteiger partial charge in [-0.1, -0.05) is 12.2 Å². The Hall–Kier alpha value is -2.10. The summed E-state index contributed by atoms with van der Waals surface area (Å²) in [7, 11) is 0. The Kier molecular flexibility index (Phi) is 2.63. The number of pyridine rings is 1. The predicted octanol–water partition coefficient (Wildman–Crippen LogP) is 3.09. The van der Waals surface area contributed by atoms with Crippen LogP contribution in [0, 0.1) is 5.82 Å². The number of nitrogens with two attached hydrogens (primary N) is 1. The van der Waals surface area contributed by atoms with Crippen LogP contribution in [0.25, 0.3) is 10.9 Å². The molecule has 1 aliphatic carbocycles. The number of hydrogen-bond donors (Lipinski definition) is 2. The van der Waals surface area contributed by atoms with Crippen molar-refractivity contribution in [2.45, 2.75) is 18.9 Å². The fraction of sp³-hybridized carbons (Fsp3) is 0.214. The van der Waals surface area contributed by atoms with Crippen LogP contribution in [0.2, 0.25) is 0 Å². The topological polar surface area (TPSA) is 50.9 Å². The van der Waals surface area contributed by atoms with Crippen molar-refractivity contribution < 1.29 is 4.39 Å². The van der Waals surface area contributed by atoms with E-state index in [1.54, 1.807) is 12.3 Å². The fourth-order valence-corrected chi connectivity index (χ4v) is 2.31. The van der Waals surface area contributed by atoms with E-state index in [1.165, 1.54) is 6.07 Å². The minimum atomic E-state index is -0.342. The van der Waals surface area contributed by atoms with E-state index in [2.05, 4.69) is 22.5 Å². The number of nitrogens with zero attached hydrogens (tertiary/aromatic N) is 1. The molecule has 4 heteroatoms. The molecule has 0 atom stereocenters. The molecule has 0 amide bonds. The largest absolute Gasteiger partial charge is 0.398 e. The molecule has 0 saturated carbocycles. The van der Waals surface area contributed by atoms with Gasteiger partial charge in [0.05, 0.1) is 11.2 Å². The molecule has 0 saturated heterocycles. The van der Waals surface area contributed by atoms with Crippen molar-refractivity contribution >= 4 is 22.3 Å². The summed E-state index contributed by atoms with van der Waals surface area (Å²) in [5.41, 5.74) is 7.29. The molecule has 92 valence electrons. The summed E-state index contributed by atoms with van der Waals surface area (Å²) in [6.45, 7) is 0. The lowest BCUT2D eigenvalue weighted by Gasteiger charge is -2.16. The molecule has 3 N–H and O–H groups in total. The van der Waals surface area contributed by atoms with Gasteiger partial charge < -0.3 is 11.1 Å². The maximum Gasteiger partial charge on any atom is 0.150 e. The van der Waals surface area contributed by atoms with Gasteiger partial charge >= 0.3 is 0 Å². The van der Waals surface area contributed by atoms with E-state index < -0.39 is 0 Å². The number of aromatic nitrogens is 1. The molecular weight excluding hydrogens is 229 g/mol. The van der Waals surface area contributed by atoms with E-state index in [1.807, 2.05) is 6.07 Å². The highest BCUT2D eigenvalue weighted by molar-refractivity contribution is 5.98. The number of hydrogen-bond acceptors (Lipinski definition) is 3. The number of halogens is 1. The van der Waals surface area contributed by atoms with E-state index in [0.29, 0.717) is 16.9 Å². The SMILES string of the molecule is Nc1cc(F)c(NC2CC=CC2)c2ncccc12. The van der Waals surface area contributed by atoms with Crippen LogP contribution in [0.5, 0.6) is 0 Å². The summed E-state index contributed by atoms with van der Waals surface area (Å²) in [5.74, 6) is -0.342. The molecule has 0 spiro atoms. The average molecular weight is 243 g/mol. The first-order chi connectivity index (χ1) is 8.75. The van der Waals surface area contributed by atoms with Crippen molar-refractivity contribution in [1.82, 2.24) is 4.98 Å². The molecule has 0 radical (unpaired) electrons. The summed E-state index contributed by atoms with van der Waals surface area (Å²) < 4.78 is 14.0. The summed E-state index contributed by atoms with van der Waals surface area (Å²) >= 11 is 0. The van der Waals surface area contributed by atoms with E-state index in [4.69, 9.17) is 5.73 Å². The van der Waals surface area contributed by atoms with Gasteiger partial charge in [0.1, 0.15) is 0 Å². The van der Waals surface area contributed by atoms with E-state index in [9.17, 15) is 4.39 Å². The van der Waals surface area contributed by atoms with Gasteiger partial charge in [-0.25, -0.2) is 4.39 Å². The van der Waals surface area contributed by atoms with E-state index in [-0.39, 0.29) is 11.9 Å².